The summed E-state index contributed by atoms with van der Waals surface area (Å²) in [6, 6.07) is 16.0. The van der Waals surface area contributed by atoms with Gasteiger partial charge in [-0.15, -0.1) is 0 Å². The van der Waals surface area contributed by atoms with Gasteiger partial charge in [0.1, 0.15) is 12.4 Å². The molecule has 3 unspecified atom stereocenters. The Balaban J connectivity index is 1.26. The molecule has 0 radical (unpaired) electrons. The number of primary amides is 1. The average molecular weight is 393 g/mol. The fourth-order valence-electron chi connectivity index (χ4n) is 5.43. The molecule has 3 fully saturated rings. The summed E-state index contributed by atoms with van der Waals surface area (Å²) in [7, 11) is 0. The molecule has 0 saturated heterocycles. The Labute approximate surface area is 173 Å². The SMILES string of the molecule is C[C@@H]1C(NCCOc2ccc(-c3cccc(C(N)=O)c3)cc2)CC2CC1C2(C)C. The van der Waals surface area contributed by atoms with Gasteiger partial charge in [0.25, 0.3) is 0 Å². The second-order valence-electron chi connectivity index (χ2n) is 9.33. The van der Waals surface area contributed by atoms with Crippen molar-refractivity contribution in [2.75, 3.05) is 13.2 Å². The van der Waals surface area contributed by atoms with Crippen molar-refractivity contribution < 1.29 is 9.53 Å². The van der Waals surface area contributed by atoms with E-state index in [9.17, 15) is 4.79 Å². The van der Waals surface area contributed by atoms with Crippen molar-refractivity contribution in [3.05, 3.63) is 54.1 Å². The number of nitrogens with two attached hydrogens (primary N) is 1. The third-order valence-corrected chi connectivity index (χ3v) is 7.47. The van der Waals surface area contributed by atoms with E-state index >= 15 is 0 Å². The first-order valence-corrected chi connectivity index (χ1v) is 10.7. The van der Waals surface area contributed by atoms with E-state index in [0.29, 0.717) is 23.6 Å². The molecule has 0 aliphatic heterocycles. The lowest BCUT2D eigenvalue weighted by molar-refractivity contribution is -0.115. The fraction of sp³-hybridized carbons (Fsp3) is 0.480. The Morgan fingerprint density at radius 1 is 1.14 bits per heavy atom. The predicted molar refractivity (Wildman–Crippen MR) is 117 cm³/mol. The highest BCUT2D eigenvalue weighted by molar-refractivity contribution is 5.94. The Hall–Kier alpha value is -2.33. The zero-order chi connectivity index (χ0) is 20.6. The van der Waals surface area contributed by atoms with Crippen LogP contribution in [0.1, 0.15) is 44.0 Å². The third-order valence-electron chi connectivity index (χ3n) is 7.47. The predicted octanol–water partition coefficient (Wildman–Crippen LogP) is 4.49. The first-order valence-electron chi connectivity index (χ1n) is 10.7. The number of hydrogen-bond acceptors (Lipinski definition) is 3. The van der Waals surface area contributed by atoms with Crippen LogP contribution in [0.3, 0.4) is 0 Å². The second-order valence-corrected chi connectivity index (χ2v) is 9.33. The third kappa shape index (κ3) is 3.91. The molecular formula is C25H32N2O2. The number of ether oxygens (including phenoxy) is 1. The van der Waals surface area contributed by atoms with Gasteiger partial charge in [0, 0.05) is 18.2 Å². The van der Waals surface area contributed by atoms with E-state index in [1.165, 1.54) is 12.8 Å². The molecule has 0 aromatic heterocycles. The van der Waals surface area contributed by atoms with Crippen LogP contribution in [0.2, 0.25) is 0 Å². The molecule has 3 saturated carbocycles. The molecule has 3 aliphatic carbocycles. The number of nitrogens with one attached hydrogen (secondary N) is 1. The maximum absolute atomic E-state index is 11.4. The van der Waals surface area contributed by atoms with Gasteiger partial charge in [-0.2, -0.15) is 0 Å². The minimum atomic E-state index is -0.410. The van der Waals surface area contributed by atoms with Crippen LogP contribution in [-0.4, -0.2) is 25.1 Å². The van der Waals surface area contributed by atoms with E-state index in [-0.39, 0.29) is 0 Å². The van der Waals surface area contributed by atoms with Crippen molar-refractivity contribution >= 4 is 5.91 Å². The standard InChI is InChI=1S/C25H32N2O2/c1-16-22-14-20(25(22,2)3)15-23(16)27-11-12-29-21-9-7-17(8-10-21)18-5-4-6-19(13-18)24(26)28/h4-10,13,16,20,22-23,27H,11-12,14-15H2,1-3H3,(H2,26,28)/t16-,20?,22?,23?/m0/s1. The van der Waals surface area contributed by atoms with Crippen molar-refractivity contribution in [3.63, 3.8) is 0 Å². The van der Waals surface area contributed by atoms with Gasteiger partial charge in [0.05, 0.1) is 0 Å². The second kappa shape index (κ2) is 7.83. The zero-order valence-corrected chi connectivity index (χ0v) is 17.7. The monoisotopic (exact) mass is 392 g/mol. The minimum absolute atomic E-state index is 0.410. The fourth-order valence-corrected chi connectivity index (χ4v) is 5.43. The van der Waals surface area contributed by atoms with E-state index in [1.54, 1.807) is 6.07 Å². The summed E-state index contributed by atoms with van der Waals surface area (Å²) in [5.74, 6) is 2.93. The summed E-state index contributed by atoms with van der Waals surface area (Å²) >= 11 is 0. The molecule has 3 N–H and O–H groups in total. The number of carbonyl (C=O) groups excluding carboxylic acids is 1. The largest absolute Gasteiger partial charge is 0.492 e. The Bertz CT molecular complexity index is 875. The van der Waals surface area contributed by atoms with Crippen LogP contribution in [-0.2, 0) is 0 Å². The maximum Gasteiger partial charge on any atom is 0.248 e. The topological polar surface area (TPSA) is 64.3 Å². The van der Waals surface area contributed by atoms with E-state index in [1.807, 2.05) is 42.5 Å². The van der Waals surface area contributed by atoms with Crippen molar-refractivity contribution in [1.82, 2.24) is 5.32 Å². The summed E-state index contributed by atoms with van der Waals surface area (Å²) in [6.07, 6.45) is 2.71. The molecule has 29 heavy (non-hydrogen) atoms. The van der Waals surface area contributed by atoms with Crippen LogP contribution in [0.4, 0.5) is 0 Å². The summed E-state index contributed by atoms with van der Waals surface area (Å²) in [6.45, 7) is 8.83. The molecule has 3 aliphatic rings. The molecule has 0 heterocycles. The van der Waals surface area contributed by atoms with Gasteiger partial charge in [-0.05, 0) is 71.4 Å². The molecule has 2 aromatic carbocycles. The van der Waals surface area contributed by atoms with Gasteiger partial charge in [0.2, 0.25) is 5.91 Å². The molecule has 0 spiro atoms. The molecule has 2 aromatic rings. The highest BCUT2D eigenvalue weighted by Crippen LogP contribution is 2.61. The first-order chi connectivity index (χ1) is 13.9. The van der Waals surface area contributed by atoms with E-state index < -0.39 is 5.91 Å². The summed E-state index contributed by atoms with van der Waals surface area (Å²) in [5, 5.41) is 3.73. The smallest absolute Gasteiger partial charge is 0.248 e. The van der Waals surface area contributed by atoms with Gasteiger partial charge >= 0.3 is 0 Å². The highest BCUT2D eigenvalue weighted by Gasteiger charge is 2.55. The molecule has 4 atom stereocenters. The molecule has 5 rings (SSSR count). The average Bonchev–Trinajstić information content (AvgIpc) is 2.72. The number of rotatable bonds is 7. The van der Waals surface area contributed by atoms with Gasteiger partial charge in [-0.1, -0.05) is 45.0 Å². The van der Waals surface area contributed by atoms with E-state index in [2.05, 4.69) is 26.1 Å². The molecule has 154 valence electrons. The Morgan fingerprint density at radius 2 is 1.90 bits per heavy atom. The van der Waals surface area contributed by atoms with Crippen LogP contribution in [0, 0.1) is 23.2 Å². The zero-order valence-electron chi connectivity index (χ0n) is 17.7. The van der Waals surface area contributed by atoms with E-state index in [0.717, 1.165) is 41.2 Å². The van der Waals surface area contributed by atoms with Crippen LogP contribution in [0.25, 0.3) is 11.1 Å². The van der Waals surface area contributed by atoms with Crippen LogP contribution in [0.15, 0.2) is 48.5 Å². The lowest BCUT2D eigenvalue weighted by atomic mass is 9.45. The van der Waals surface area contributed by atoms with Crippen molar-refractivity contribution in [2.45, 2.75) is 39.7 Å². The lowest BCUT2D eigenvalue weighted by Crippen LogP contribution is -2.60. The maximum atomic E-state index is 11.4. The number of amides is 1. The number of fused-ring (bicyclic) bond motifs is 2. The Morgan fingerprint density at radius 3 is 2.55 bits per heavy atom. The van der Waals surface area contributed by atoms with Crippen LogP contribution >= 0.6 is 0 Å². The lowest BCUT2D eigenvalue weighted by Gasteiger charge is -2.62. The summed E-state index contributed by atoms with van der Waals surface area (Å²) in [4.78, 5) is 11.4. The summed E-state index contributed by atoms with van der Waals surface area (Å²) < 4.78 is 5.93. The molecule has 4 nitrogen and oxygen atoms in total. The molecule has 4 heteroatoms. The molecular weight excluding hydrogens is 360 g/mol. The number of benzene rings is 2. The number of hydrogen-bond donors (Lipinski definition) is 2. The van der Waals surface area contributed by atoms with Gasteiger partial charge < -0.3 is 15.8 Å². The summed E-state index contributed by atoms with van der Waals surface area (Å²) in [5.41, 5.74) is 8.44. The normalized spacial score (nSPS) is 27.1. The Kier molecular flexibility index (Phi) is 5.39. The van der Waals surface area contributed by atoms with Gasteiger partial charge in [-0.25, -0.2) is 0 Å². The minimum Gasteiger partial charge on any atom is -0.492 e. The molecule has 1 amide bonds. The van der Waals surface area contributed by atoms with Gasteiger partial charge in [-0.3, -0.25) is 4.79 Å². The molecule has 2 bridgehead atoms. The van der Waals surface area contributed by atoms with Crippen molar-refractivity contribution in [1.29, 1.82) is 0 Å². The number of carbonyl (C=O) groups is 1. The van der Waals surface area contributed by atoms with Gasteiger partial charge in [0.15, 0.2) is 0 Å². The quantitative estimate of drug-likeness (QED) is 0.682. The highest BCUT2D eigenvalue weighted by atomic mass is 16.5. The van der Waals surface area contributed by atoms with Crippen molar-refractivity contribution in [2.24, 2.45) is 28.9 Å². The first kappa shape index (κ1) is 20.0. The van der Waals surface area contributed by atoms with Crippen LogP contribution < -0.4 is 15.8 Å². The van der Waals surface area contributed by atoms with E-state index in [4.69, 9.17) is 10.5 Å². The van der Waals surface area contributed by atoms with Crippen LogP contribution in [0.5, 0.6) is 5.75 Å². The van der Waals surface area contributed by atoms with Crippen molar-refractivity contribution in [3.8, 4) is 16.9 Å².